The van der Waals surface area contributed by atoms with E-state index in [0.717, 1.165) is 30.7 Å². The normalized spacial score (nSPS) is 11.7. The molecule has 6 nitrogen and oxygen atoms in total. The molecular formula is C14H22N6S. The molecule has 0 fully saturated rings. The summed E-state index contributed by atoms with van der Waals surface area (Å²) < 4.78 is 1.96. The van der Waals surface area contributed by atoms with E-state index in [1.54, 1.807) is 11.3 Å². The van der Waals surface area contributed by atoms with E-state index in [-0.39, 0.29) is 0 Å². The molecule has 7 heteroatoms. The van der Waals surface area contributed by atoms with Crippen LogP contribution in [0, 0.1) is 6.92 Å². The zero-order valence-electron chi connectivity index (χ0n) is 13.0. The maximum atomic E-state index is 4.65. The molecule has 0 radical (unpaired) electrons. The Bertz CT molecular complexity index is 587. The minimum absolute atomic E-state index is 0.521. The van der Waals surface area contributed by atoms with E-state index in [1.807, 2.05) is 25.6 Å². The fourth-order valence-electron chi connectivity index (χ4n) is 1.94. The van der Waals surface area contributed by atoms with E-state index in [9.17, 15) is 0 Å². The summed E-state index contributed by atoms with van der Waals surface area (Å²) in [5.41, 5.74) is 1.29. The number of nitrogens with zero attached hydrogens (tertiary/aromatic N) is 5. The molecule has 0 bridgehead atoms. The minimum Gasteiger partial charge on any atom is -0.357 e. The third-order valence-corrected chi connectivity index (χ3v) is 3.98. The lowest BCUT2D eigenvalue weighted by Crippen LogP contribution is -2.38. The van der Waals surface area contributed by atoms with Crippen molar-refractivity contribution in [2.75, 3.05) is 13.6 Å². The van der Waals surface area contributed by atoms with Crippen LogP contribution in [0.3, 0.4) is 0 Å². The molecule has 2 aromatic heterocycles. The van der Waals surface area contributed by atoms with Crippen LogP contribution in [0.1, 0.15) is 24.1 Å². The first-order valence-electron chi connectivity index (χ1n) is 6.97. The Morgan fingerprint density at radius 3 is 2.86 bits per heavy atom. The number of aryl methyl sites for hydroxylation is 1. The van der Waals surface area contributed by atoms with Crippen LogP contribution in [-0.2, 0) is 20.1 Å². The molecule has 2 aromatic rings. The van der Waals surface area contributed by atoms with Gasteiger partial charge in [-0.25, -0.2) is 4.99 Å². The average Bonchev–Trinajstić information content (AvgIpc) is 3.07. The molecule has 1 N–H and O–H groups in total. The van der Waals surface area contributed by atoms with E-state index >= 15 is 0 Å². The summed E-state index contributed by atoms with van der Waals surface area (Å²) in [5.74, 6) is 2.65. The zero-order chi connectivity index (χ0) is 15.2. The number of aromatic nitrogens is 3. The van der Waals surface area contributed by atoms with Crippen LogP contribution in [0.2, 0.25) is 0 Å². The van der Waals surface area contributed by atoms with Gasteiger partial charge in [-0.1, -0.05) is 0 Å². The molecule has 2 heterocycles. The molecule has 0 aliphatic heterocycles. The van der Waals surface area contributed by atoms with Crippen LogP contribution >= 0.6 is 11.3 Å². The first kappa shape index (κ1) is 15.5. The standard InChI is InChI=1S/C14H22N6S/c1-5-15-14(19(3)9-12-6-7-21-10-12)16-8-13-18-17-11(2)20(13)4/h6-7,10H,5,8-9H2,1-4H3,(H,15,16). The van der Waals surface area contributed by atoms with Gasteiger partial charge in [0, 0.05) is 27.2 Å². The quantitative estimate of drug-likeness (QED) is 0.676. The monoisotopic (exact) mass is 306 g/mol. The van der Waals surface area contributed by atoms with Crippen molar-refractivity contribution >= 4 is 17.3 Å². The average molecular weight is 306 g/mol. The molecule has 0 aromatic carbocycles. The van der Waals surface area contributed by atoms with E-state index in [4.69, 9.17) is 0 Å². The van der Waals surface area contributed by atoms with E-state index < -0.39 is 0 Å². The highest BCUT2D eigenvalue weighted by Crippen LogP contribution is 2.09. The number of aliphatic imine (C=N–C) groups is 1. The Hall–Kier alpha value is -1.89. The Balaban J connectivity index is 2.06. The van der Waals surface area contributed by atoms with Gasteiger partial charge in [-0.3, -0.25) is 0 Å². The third-order valence-electron chi connectivity index (χ3n) is 3.25. The topological polar surface area (TPSA) is 58.3 Å². The number of hydrogen-bond acceptors (Lipinski definition) is 4. The summed E-state index contributed by atoms with van der Waals surface area (Å²) >= 11 is 1.71. The number of hydrogen-bond donors (Lipinski definition) is 1. The summed E-state index contributed by atoms with van der Waals surface area (Å²) in [6.45, 7) is 6.21. The van der Waals surface area contributed by atoms with Crippen molar-refractivity contribution in [3.05, 3.63) is 34.0 Å². The first-order chi connectivity index (χ1) is 10.1. The van der Waals surface area contributed by atoms with Gasteiger partial charge >= 0.3 is 0 Å². The van der Waals surface area contributed by atoms with Crippen molar-refractivity contribution < 1.29 is 0 Å². The lowest BCUT2D eigenvalue weighted by Gasteiger charge is -2.21. The van der Waals surface area contributed by atoms with Crippen molar-refractivity contribution in [3.8, 4) is 0 Å². The van der Waals surface area contributed by atoms with Crippen molar-refractivity contribution in [1.82, 2.24) is 25.0 Å². The molecule has 2 rings (SSSR count). The van der Waals surface area contributed by atoms with E-state index in [1.165, 1.54) is 5.56 Å². The van der Waals surface area contributed by atoms with Crippen molar-refractivity contribution in [2.45, 2.75) is 26.9 Å². The van der Waals surface area contributed by atoms with Gasteiger partial charge in [0.1, 0.15) is 12.4 Å². The third kappa shape index (κ3) is 4.04. The van der Waals surface area contributed by atoms with Crippen LogP contribution in [0.15, 0.2) is 21.8 Å². The molecule has 0 saturated heterocycles. The molecule has 0 amide bonds. The van der Waals surface area contributed by atoms with Gasteiger partial charge in [-0.05, 0) is 36.2 Å². The lowest BCUT2D eigenvalue weighted by molar-refractivity contribution is 0.477. The van der Waals surface area contributed by atoms with Gasteiger partial charge in [0.15, 0.2) is 11.8 Å². The number of guanidine groups is 1. The van der Waals surface area contributed by atoms with Crippen LogP contribution in [0.5, 0.6) is 0 Å². The Labute approximate surface area is 129 Å². The van der Waals surface area contributed by atoms with Gasteiger partial charge in [-0.15, -0.1) is 10.2 Å². The summed E-state index contributed by atoms with van der Waals surface area (Å²) in [7, 11) is 4.00. The summed E-state index contributed by atoms with van der Waals surface area (Å²) in [4.78, 5) is 6.77. The Morgan fingerprint density at radius 2 is 2.29 bits per heavy atom. The van der Waals surface area contributed by atoms with E-state index in [0.29, 0.717) is 6.54 Å². The second-order valence-electron chi connectivity index (χ2n) is 4.88. The second kappa shape index (κ2) is 7.21. The molecule has 0 aliphatic rings. The second-order valence-corrected chi connectivity index (χ2v) is 5.66. The van der Waals surface area contributed by atoms with Gasteiger partial charge in [0.2, 0.25) is 0 Å². The molecule has 0 aliphatic carbocycles. The SMILES string of the molecule is CCNC(=NCc1nnc(C)n1C)N(C)Cc1ccsc1. The van der Waals surface area contributed by atoms with Gasteiger partial charge in [0.25, 0.3) is 0 Å². The Kier molecular flexibility index (Phi) is 5.32. The predicted octanol–water partition coefficient (Wildman–Crippen LogP) is 1.78. The van der Waals surface area contributed by atoms with Crippen LogP contribution in [-0.4, -0.2) is 39.2 Å². The molecule has 21 heavy (non-hydrogen) atoms. The predicted molar refractivity (Wildman–Crippen MR) is 86.3 cm³/mol. The number of thiophene rings is 1. The summed E-state index contributed by atoms with van der Waals surface area (Å²) in [6.07, 6.45) is 0. The maximum Gasteiger partial charge on any atom is 0.194 e. The van der Waals surface area contributed by atoms with Gasteiger partial charge in [0.05, 0.1) is 0 Å². The number of rotatable bonds is 5. The smallest absolute Gasteiger partial charge is 0.194 e. The van der Waals surface area contributed by atoms with Gasteiger partial charge < -0.3 is 14.8 Å². The van der Waals surface area contributed by atoms with Crippen molar-refractivity contribution in [1.29, 1.82) is 0 Å². The molecule has 114 valence electrons. The summed E-state index contributed by atoms with van der Waals surface area (Å²) in [5, 5.41) is 15.8. The minimum atomic E-state index is 0.521. The molecule has 0 spiro atoms. The maximum absolute atomic E-state index is 4.65. The van der Waals surface area contributed by atoms with Crippen LogP contribution < -0.4 is 5.32 Å². The lowest BCUT2D eigenvalue weighted by atomic mass is 10.3. The summed E-state index contributed by atoms with van der Waals surface area (Å²) in [6, 6.07) is 2.14. The molecule has 0 atom stereocenters. The fraction of sp³-hybridized carbons (Fsp3) is 0.500. The molecule has 0 unspecified atom stereocenters. The fourth-order valence-corrected chi connectivity index (χ4v) is 2.60. The van der Waals surface area contributed by atoms with Crippen molar-refractivity contribution in [3.63, 3.8) is 0 Å². The Morgan fingerprint density at radius 1 is 1.48 bits per heavy atom. The van der Waals surface area contributed by atoms with Gasteiger partial charge in [-0.2, -0.15) is 11.3 Å². The highest BCUT2D eigenvalue weighted by Gasteiger charge is 2.09. The van der Waals surface area contributed by atoms with Crippen LogP contribution in [0.4, 0.5) is 0 Å². The highest BCUT2D eigenvalue weighted by atomic mass is 32.1. The van der Waals surface area contributed by atoms with E-state index in [2.05, 4.69) is 49.2 Å². The van der Waals surface area contributed by atoms with Crippen LogP contribution in [0.25, 0.3) is 0 Å². The van der Waals surface area contributed by atoms with Crippen molar-refractivity contribution in [2.24, 2.45) is 12.0 Å². The largest absolute Gasteiger partial charge is 0.357 e. The first-order valence-corrected chi connectivity index (χ1v) is 7.91. The number of nitrogens with one attached hydrogen (secondary N) is 1. The molecular weight excluding hydrogens is 284 g/mol. The molecule has 0 saturated carbocycles. The zero-order valence-corrected chi connectivity index (χ0v) is 13.8. The highest BCUT2D eigenvalue weighted by molar-refractivity contribution is 7.07.